The van der Waals surface area contributed by atoms with E-state index in [-0.39, 0.29) is 5.91 Å². The van der Waals surface area contributed by atoms with Crippen LogP contribution in [0.5, 0.6) is 5.75 Å². The highest BCUT2D eigenvalue weighted by molar-refractivity contribution is 5.85. The van der Waals surface area contributed by atoms with Crippen LogP contribution in [0.1, 0.15) is 32.3 Å². The van der Waals surface area contributed by atoms with E-state index < -0.39 is 5.54 Å². The minimum absolute atomic E-state index is 0.300. The zero-order chi connectivity index (χ0) is 14.6. The van der Waals surface area contributed by atoms with Crippen LogP contribution < -0.4 is 15.8 Å². The molecule has 0 bridgehead atoms. The van der Waals surface area contributed by atoms with Crippen LogP contribution in [-0.4, -0.2) is 24.6 Å². The van der Waals surface area contributed by atoms with Gasteiger partial charge < -0.3 is 15.8 Å². The Morgan fingerprint density at radius 2 is 2.10 bits per heavy atom. The van der Waals surface area contributed by atoms with Gasteiger partial charge in [-0.25, -0.2) is 0 Å². The molecule has 1 unspecified atom stereocenters. The molecule has 0 spiro atoms. The second-order valence-corrected chi connectivity index (χ2v) is 5.39. The molecule has 2 rings (SSSR count). The minimum atomic E-state index is -0.727. The van der Waals surface area contributed by atoms with E-state index in [4.69, 9.17) is 10.5 Å². The Balaban J connectivity index is 2.14. The van der Waals surface area contributed by atoms with Gasteiger partial charge in [0, 0.05) is 0 Å². The average molecular weight is 276 g/mol. The van der Waals surface area contributed by atoms with Crippen LogP contribution >= 0.6 is 0 Å². The average Bonchev–Trinajstić information content (AvgIpc) is 3.28. The number of hydrogen-bond donors (Lipinski definition) is 2. The van der Waals surface area contributed by atoms with Gasteiger partial charge in [0.1, 0.15) is 17.9 Å². The number of aryl methyl sites for hydroxylation is 1. The van der Waals surface area contributed by atoms with Gasteiger partial charge in [0.15, 0.2) is 0 Å². The molecule has 0 radical (unpaired) electrons. The van der Waals surface area contributed by atoms with Crippen LogP contribution in [0.25, 0.3) is 0 Å². The monoisotopic (exact) mass is 276 g/mol. The van der Waals surface area contributed by atoms with Crippen molar-refractivity contribution in [3.63, 3.8) is 0 Å². The SMILES string of the molecule is CCNC(COc1ccccc1CC)(C(N)=O)C1CC1. The van der Waals surface area contributed by atoms with E-state index in [0.717, 1.165) is 30.6 Å². The smallest absolute Gasteiger partial charge is 0.241 e. The lowest BCUT2D eigenvalue weighted by Crippen LogP contribution is -2.61. The van der Waals surface area contributed by atoms with Gasteiger partial charge in [-0.05, 0) is 43.4 Å². The number of nitrogens with two attached hydrogens (primary N) is 1. The maximum atomic E-state index is 11.9. The summed E-state index contributed by atoms with van der Waals surface area (Å²) in [5.41, 5.74) is 6.08. The predicted molar refractivity (Wildman–Crippen MR) is 79.6 cm³/mol. The third-order valence-electron chi connectivity index (χ3n) is 4.02. The first-order chi connectivity index (χ1) is 9.64. The second kappa shape index (κ2) is 6.27. The van der Waals surface area contributed by atoms with E-state index in [1.807, 2.05) is 31.2 Å². The summed E-state index contributed by atoms with van der Waals surface area (Å²) in [5, 5.41) is 3.27. The van der Waals surface area contributed by atoms with Crippen LogP contribution in [0, 0.1) is 5.92 Å². The zero-order valence-electron chi connectivity index (χ0n) is 12.3. The largest absolute Gasteiger partial charge is 0.491 e. The van der Waals surface area contributed by atoms with Gasteiger partial charge in [-0.2, -0.15) is 0 Å². The molecule has 1 fully saturated rings. The minimum Gasteiger partial charge on any atom is -0.491 e. The van der Waals surface area contributed by atoms with E-state index in [1.165, 1.54) is 0 Å². The van der Waals surface area contributed by atoms with Crippen molar-refractivity contribution in [3.05, 3.63) is 29.8 Å². The number of ether oxygens (including phenoxy) is 1. The van der Waals surface area contributed by atoms with E-state index >= 15 is 0 Å². The molecule has 1 aliphatic carbocycles. The van der Waals surface area contributed by atoms with Gasteiger partial charge in [0.05, 0.1) is 0 Å². The Kier molecular flexibility index (Phi) is 4.65. The Hall–Kier alpha value is -1.55. The first kappa shape index (κ1) is 14.9. The van der Waals surface area contributed by atoms with Crippen molar-refractivity contribution in [2.75, 3.05) is 13.2 Å². The highest BCUT2D eigenvalue weighted by Crippen LogP contribution is 2.40. The van der Waals surface area contributed by atoms with Crippen LogP contribution in [0.15, 0.2) is 24.3 Å². The highest BCUT2D eigenvalue weighted by atomic mass is 16.5. The van der Waals surface area contributed by atoms with E-state index in [9.17, 15) is 4.79 Å². The van der Waals surface area contributed by atoms with Crippen molar-refractivity contribution in [2.45, 2.75) is 38.6 Å². The molecule has 3 N–H and O–H groups in total. The summed E-state index contributed by atoms with van der Waals surface area (Å²) in [6.45, 7) is 5.09. The lowest BCUT2D eigenvalue weighted by Gasteiger charge is -2.31. The number of benzene rings is 1. The van der Waals surface area contributed by atoms with Crippen molar-refractivity contribution in [3.8, 4) is 5.75 Å². The van der Waals surface area contributed by atoms with Gasteiger partial charge in [-0.1, -0.05) is 32.0 Å². The van der Waals surface area contributed by atoms with Crippen LogP contribution in [0.2, 0.25) is 0 Å². The maximum absolute atomic E-state index is 11.9. The molecule has 4 heteroatoms. The molecule has 20 heavy (non-hydrogen) atoms. The van der Waals surface area contributed by atoms with E-state index in [2.05, 4.69) is 12.2 Å². The third kappa shape index (κ3) is 2.96. The van der Waals surface area contributed by atoms with Gasteiger partial charge >= 0.3 is 0 Å². The molecule has 1 amide bonds. The predicted octanol–water partition coefficient (Wildman–Crippen LogP) is 1.87. The van der Waals surface area contributed by atoms with Crippen molar-refractivity contribution in [1.29, 1.82) is 0 Å². The Morgan fingerprint density at radius 1 is 1.40 bits per heavy atom. The van der Waals surface area contributed by atoms with Crippen LogP contribution in [0.4, 0.5) is 0 Å². The molecule has 1 aromatic carbocycles. The fourth-order valence-corrected chi connectivity index (χ4v) is 2.69. The Bertz CT molecular complexity index is 471. The molecule has 0 saturated heterocycles. The maximum Gasteiger partial charge on any atom is 0.241 e. The fourth-order valence-electron chi connectivity index (χ4n) is 2.69. The molecular formula is C16H24N2O2. The Labute approximate surface area is 120 Å². The van der Waals surface area contributed by atoms with Gasteiger partial charge in [-0.3, -0.25) is 4.79 Å². The molecule has 0 heterocycles. The number of rotatable bonds is 8. The molecule has 0 aromatic heterocycles. The molecular weight excluding hydrogens is 252 g/mol. The van der Waals surface area contributed by atoms with Crippen LogP contribution in [0.3, 0.4) is 0 Å². The number of likely N-dealkylation sites (N-methyl/N-ethyl adjacent to an activating group) is 1. The van der Waals surface area contributed by atoms with Crippen molar-refractivity contribution in [2.24, 2.45) is 11.7 Å². The van der Waals surface area contributed by atoms with Crippen LogP contribution in [-0.2, 0) is 11.2 Å². The van der Waals surface area contributed by atoms with E-state index in [1.54, 1.807) is 0 Å². The molecule has 1 aliphatic rings. The summed E-state index contributed by atoms with van der Waals surface area (Å²) >= 11 is 0. The van der Waals surface area contributed by atoms with E-state index in [0.29, 0.717) is 19.1 Å². The zero-order valence-corrected chi connectivity index (χ0v) is 12.3. The van der Waals surface area contributed by atoms with Gasteiger partial charge in [0.2, 0.25) is 5.91 Å². The first-order valence-corrected chi connectivity index (χ1v) is 7.39. The number of para-hydroxylation sites is 1. The lowest BCUT2D eigenvalue weighted by molar-refractivity contribution is -0.126. The topological polar surface area (TPSA) is 64.3 Å². The standard InChI is InChI=1S/C16H24N2O2/c1-3-12-7-5-6-8-14(12)20-11-16(15(17)19,18-4-2)13-9-10-13/h5-8,13,18H,3-4,9-11H2,1-2H3,(H2,17,19). The fraction of sp³-hybridized carbons (Fsp3) is 0.562. The summed E-state index contributed by atoms with van der Waals surface area (Å²) in [4.78, 5) is 11.9. The molecule has 110 valence electrons. The number of nitrogens with one attached hydrogen (secondary N) is 1. The molecule has 1 saturated carbocycles. The lowest BCUT2D eigenvalue weighted by atomic mass is 9.93. The van der Waals surface area contributed by atoms with Gasteiger partial charge in [-0.15, -0.1) is 0 Å². The summed E-state index contributed by atoms with van der Waals surface area (Å²) in [6, 6.07) is 7.94. The normalized spacial score (nSPS) is 17.5. The molecule has 4 nitrogen and oxygen atoms in total. The summed E-state index contributed by atoms with van der Waals surface area (Å²) in [7, 11) is 0. The van der Waals surface area contributed by atoms with Gasteiger partial charge in [0.25, 0.3) is 0 Å². The third-order valence-corrected chi connectivity index (χ3v) is 4.02. The number of carbonyl (C=O) groups excluding carboxylic acids is 1. The summed E-state index contributed by atoms with van der Waals surface area (Å²) in [5.74, 6) is 0.837. The summed E-state index contributed by atoms with van der Waals surface area (Å²) < 4.78 is 5.95. The first-order valence-electron chi connectivity index (χ1n) is 7.39. The van der Waals surface area contributed by atoms with Crippen molar-refractivity contribution < 1.29 is 9.53 Å². The van der Waals surface area contributed by atoms with Crippen molar-refractivity contribution in [1.82, 2.24) is 5.32 Å². The number of amides is 1. The number of primary amides is 1. The quantitative estimate of drug-likeness (QED) is 0.762. The number of hydrogen-bond acceptors (Lipinski definition) is 3. The van der Waals surface area contributed by atoms with Crippen molar-refractivity contribution >= 4 is 5.91 Å². The Morgan fingerprint density at radius 3 is 2.65 bits per heavy atom. The summed E-state index contributed by atoms with van der Waals surface area (Å²) in [6.07, 6.45) is 2.98. The number of carbonyl (C=O) groups is 1. The molecule has 1 atom stereocenters. The molecule has 0 aliphatic heterocycles. The highest BCUT2D eigenvalue weighted by Gasteiger charge is 2.50. The molecule has 1 aromatic rings. The second-order valence-electron chi connectivity index (χ2n) is 5.39.